The summed E-state index contributed by atoms with van der Waals surface area (Å²) < 4.78 is 6.36. The van der Waals surface area contributed by atoms with E-state index in [4.69, 9.17) is 4.74 Å². The molecule has 1 fully saturated rings. The molecule has 1 aliphatic rings. The van der Waals surface area contributed by atoms with E-state index in [1.165, 1.54) is 37.7 Å². The molecule has 0 heterocycles. The van der Waals surface area contributed by atoms with Gasteiger partial charge in [-0.1, -0.05) is 25.3 Å². The number of benzene rings is 1. The highest BCUT2D eigenvalue weighted by Gasteiger charge is 2.31. The third kappa shape index (κ3) is 3.73. The lowest BCUT2D eigenvalue weighted by Crippen LogP contribution is -2.36. The zero-order chi connectivity index (χ0) is 13.7. The predicted octanol–water partition coefficient (Wildman–Crippen LogP) is 4.17. The molecule has 0 bridgehead atoms. The van der Waals surface area contributed by atoms with Crippen LogP contribution in [0.25, 0.3) is 0 Å². The topological polar surface area (TPSA) is 21.3 Å². The fourth-order valence-corrected chi connectivity index (χ4v) is 3.93. The van der Waals surface area contributed by atoms with Gasteiger partial charge in [-0.3, -0.25) is 0 Å². The second-order valence-corrected chi connectivity index (χ2v) is 6.59. The van der Waals surface area contributed by atoms with E-state index in [0.717, 1.165) is 23.2 Å². The molecule has 2 rings (SSSR count). The normalized spacial score (nSPS) is 18.3. The molecule has 0 aliphatic heterocycles. The lowest BCUT2D eigenvalue weighted by Gasteiger charge is -2.37. The van der Waals surface area contributed by atoms with Crippen molar-refractivity contribution < 1.29 is 4.74 Å². The summed E-state index contributed by atoms with van der Waals surface area (Å²) in [6.07, 6.45) is 8.00. The Morgan fingerprint density at radius 1 is 1.26 bits per heavy atom. The van der Waals surface area contributed by atoms with Crippen LogP contribution in [0.15, 0.2) is 22.7 Å². The number of methoxy groups -OCH3 is 1. The van der Waals surface area contributed by atoms with Gasteiger partial charge in [0.25, 0.3) is 0 Å². The van der Waals surface area contributed by atoms with Gasteiger partial charge in [-0.05, 0) is 65.4 Å². The maximum Gasteiger partial charge on any atom is 0.133 e. The molecule has 1 N–H and O–H groups in total. The number of nitrogens with one attached hydrogen (secondary N) is 1. The molecule has 0 radical (unpaired) electrons. The highest BCUT2D eigenvalue weighted by Crippen LogP contribution is 2.39. The lowest BCUT2D eigenvalue weighted by atomic mass is 9.70. The molecule has 0 atom stereocenters. The van der Waals surface area contributed by atoms with Crippen LogP contribution in [-0.4, -0.2) is 20.7 Å². The Labute approximate surface area is 125 Å². The van der Waals surface area contributed by atoms with Gasteiger partial charge in [0.2, 0.25) is 0 Å². The molecule has 0 saturated heterocycles. The molecular formula is C16H24BrNO. The summed E-state index contributed by atoms with van der Waals surface area (Å²) in [7, 11) is 3.78. The summed E-state index contributed by atoms with van der Waals surface area (Å²) in [5, 5.41) is 3.40. The van der Waals surface area contributed by atoms with Crippen LogP contribution in [0, 0.1) is 5.41 Å². The molecule has 3 heteroatoms. The summed E-state index contributed by atoms with van der Waals surface area (Å²) in [5.74, 6) is 0.912. The number of halogens is 1. The molecule has 1 aromatic rings. The van der Waals surface area contributed by atoms with Crippen LogP contribution >= 0.6 is 15.9 Å². The number of rotatable bonds is 5. The molecule has 2 nitrogen and oxygen atoms in total. The third-order valence-corrected chi connectivity index (χ3v) is 4.88. The van der Waals surface area contributed by atoms with Crippen LogP contribution in [0.5, 0.6) is 5.75 Å². The SMILES string of the molecule is CNCC1(Cc2ccc(OC)c(Br)c2)CCCCC1. The van der Waals surface area contributed by atoms with E-state index in [0.29, 0.717) is 5.41 Å². The van der Waals surface area contributed by atoms with E-state index in [1.54, 1.807) is 7.11 Å². The summed E-state index contributed by atoms with van der Waals surface area (Å²) in [5.41, 5.74) is 1.85. The quantitative estimate of drug-likeness (QED) is 0.877. The average molecular weight is 326 g/mol. The Morgan fingerprint density at radius 3 is 2.58 bits per heavy atom. The van der Waals surface area contributed by atoms with Gasteiger partial charge in [-0.15, -0.1) is 0 Å². The van der Waals surface area contributed by atoms with E-state index in [1.807, 2.05) is 0 Å². The van der Waals surface area contributed by atoms with Gasteiger partial charge in [0.05, 0.1) is 11.6 Å². The van der Waals surface area contributed by atoms with Crippen molar-refractivity contribution in [2.24, 2.45) is 5.41 Å². The van der Waals surface area contributed by atoms with Crippen LogP contribution in [0.1, 0.15) is 37.7 Å². The van der Waals surface area contributed by atoms with Crippen molar-refractivity contribution in [1.29, 1.82) is 0 Å². The van der Waals surface area contributed by atoms with Crippen molar-refractivity contribution in [3.8, 4) is 5.75 Å². The maximum atomic E-state index is 5.30. The molecule has 0 spiro atoms. The van der Waals surface area contributed by atoms with Crippen LogP contribution in [-0.2, 0) is 6.42 Å². The highest BCUT2D eigenvalue weighted by atomic mass is 79.9. The molecule has 0 aromatic heterocycles. The number of hydrogen-bond acceptors (Lipinski definition) is 2. The standard InChI is InChI=1S/C16H24BrNO/c1-18-12-16(8-4-3-5-9-16)11-13-6-7-15(19-2)14(17)10-13/h6-7,10,18H,3-5,8-9,11-12H2,1-2H3. The minimum absolute atomic E-state index is 0.445. The van der Waals surface area contributed by atoms with Crippen LogP contribution in [0.3, 0.4) is 0 Å². The lowest BCUT2D eigenvalue weighted by molar-refractivity contribution is 0.185. The average Bonchev–Trinajstić information content (AvgIpc) is 2.40. The first-order valence-electron chi connectivity index (χ1n) is 7.16. The van der Waals surface area contributed by atoms with Gasteiger partial charge in [-0.2, -0.15) is 0 Å². The summed E-state index contributed by atoms with van der Waals surface area (Å²) >= 11 is 3.59. The van der Waals surface area contributed by atoms with E-state index in [9.17, 15) is 0 Å². The third-order valence-electron chi connectivity index (χ3n) is 4.26. The molecule has 1 saturated carbocycles. The van der Waals surface area contributed by atoms with Gasteiger partial charge in [0, 0.05) is 6.54 Å². The van der Waals surface area contributed by atoms with E-state index >= 15 is 0 Å². The van der Waals surface area contributed by atoms with Crippen LogP contribution < -0.4 is 10.1 Å². The van der Waals surface area contributed by atoms with Gasteiger partial charge in [0.1, 0.15) is 5.75 Å². The van der Waals surface area contributed by atoms with Gasteiger partial charge >= 0.3 is 0 Å². The Kier molecular flexibility index (Phi) is 5.28. The second kappa shape index (κ2) is 6.76. The van der Waals surface area contributed by atoms with Crippen molar-refractivity contribution in [2.45, 2.75) is 38.5 Å². The summed E-state index contributed by atoms with van der Waals surface area (Å²) in [6, 6.07) is 6.48. The molecule has 0 amide bonds. The first-order valence-corrected chi connectivity index (χ1v) is 7.95. The molecule has 106 valence electrons. The molecule has 19 heavy (non-hydrogen) atoms. The smallest absolute Gasteiger partial charge is 0.133 e. The summed E-state index contributed by atoms with van der Waals surface area (Å²) in [6.45, 7) is 1.12. The van der Waals surface area contributed by atoms with Crippen molar-refractivity contribution >= 4 is 15.9 Å². The fraction of sp³-hybridized carbons (Fsp3) is 0.625. The summed E-state index contributed by atoms with van der Waals surface area (Å²) in [4.78, 5) is 0. The monoisotopic (exact) mass is 325 g/mol. The zero-order valence-electron chi connectivity index (χ0n) is 12.0. The van der Waals surface area contributed by atoms with E-state index in [2.05, 4.69) is 46.5 Å². The Morgan fingerprint density at radius 2 is 2.00 bits per heavy atom. The van der Waals surface area contributed by atoms with Gasteiger partial charge in [0.15, 0.2) is 0 Å². The molecule has 1 aliphatic carbocycles. The van der Waals surface area contributed by atoms with Crippen molar-refractivity contribution in [3.05, 3.63) is 28.2 Å². The van der Waals surface area contributed by atoms with E-state index < -0.39 is 0 Å². The highest BCUT2D eigenvalue weighted by molar-refractivity contribution is 9.10. The van der Waals surface area contributed by atoms with E-state index in [-0.39, 0.29) is 0 Å². The van der Waals surface area contributed by atoms with Crippen LogP contribution in [0.2, 0.25) is 0 Å². The minimum atomic E-state index is 0.445. The first-order chi connectivity index (χ1) is 9.19. The van der Waals surface area contributed by atoms with Crippen LogP contribution in [0.4, 0.5) is 0 Å². The van der Waals surface area contributed by atoms with Crippen molar-refractivity contribution in [1.82, 2.24) is 5.32 Å². The molecule has 0 unspecified atom stereocenters. The van der Waals surface area contributed by atoms with Crippen molar-refractivity contribution in [2.75, 3.05) is 20.7 Å². The minimum Gasteiger partial charge on any atom is -0.496 e. The largest absolute Gasteiger partial charge is 0.496 e. The molecule has 1 aromatic carbocycles. The van der Waals surface area contributed by atoms with Crippen molar-refractivity contribution in [3.63, 3.8) is 0 Å². The predicted molar refractivity (Wildman–Crippen MR) is 83.8 cm³/mol. The second-order valence-electron chi connectivity index (χ2n) is 5.74. The maximum absolute atomic E-state index is 5.30. The zero-order valence-corrected chi connectivity index (χ0v) is 13.6. The Hall–Kier alpha value is -0.540. The van der Waals surface area contributed by atoms with Gasteiger partial charge < -0.3 is 10.1 Å². The number of ether oxygens (including phenoxy) is 1. The Bertz CT molecular complexity index is 408. The van der Waals surface area contributed by atoms with Gasteiger partial charge in [-0.25, -0.2) is 0 Å². The molecular weight excluding hydrogens is 302 g/mol. The fourth-order valence-electron chi connectivity index (χ4n) is 3.35. The number of hydrogen-bond donors (Lipinski definition) is 1. The first kappa shape index (κ1) is 14.9. The Balaban J connectivity index is 2.14.